The normalized spacial score (nSPS) is 10.7. The molecule has 0 unspecified atom stereocenters. The number of carbonyl (C=O) groups excluding carboxylic acids is 2. The number of anilines is 1. The number of hydrazone groups is 1. The number of methoxy groups -OCH3 is 1. The van der Waals surface area contributed by atoms with E-state index in [-0.39, 0.29) is 23.8 Å². The van der Waals surface area contributed by atoms with Crippen LogP contribution >= 0.6 is 15.9 Å². The number of nitro groups is 1. The van der Waals surface area contributed by atoms with Crippen molar-refractivity contribution in [1.82, 2.24) is 5.43 Å². The number of non-ortho nitro benzene ring substituents is 1. The van der Waals surface area contributed by atoms with Crippen LogP contribution in [0.2, 0.25) is 0 Å². The SMILES string of the molecule is COc1cc(/C=N/NC(=O)c2ccc([N+](=O)[O-])cc2)cc(Br)c1OCC(=O)Nc1cccc(C)c1C. The van der Waals surface area contributed by atoms with Crippen molar-refractivity contribution >= 4 is 45.3 Å². The van der Waals surface area contributed by atoms with Crippen molar-refractivity contribution in [1.29, 1.82) is 0 Å². The van der Waals surface area contributed by atoms with E-state index in [1.807, 2.05) is 32.0 Å². The molecule has 36 heavy (non-hydrogen) atoms. The number of nitrogens with zero attached hydrogens (tertiary/aromatic N) is 2. The fourth-order valence-electron chi connectivity index (χ4n) is 3.13. The second kappa shape index (κ2) is 11.9. The van der Waals surface area contributed by atoms with Gasteiger partial charge in [-0.3, -0.25) is 19.7 Å². The van der Waals surface area contributed by atoms with Gasteiger partial charge in [0.15, 0.2) is 18.1 Å². The molecule has 0 bridgehead atoms. The van der Waals surface area contributed by atoms with Crippen LogP contribution in [0.25, 0.3) is 0 Å². The topological polar surface area (TPSA) is 132 Å². The molecule has 0 atom stereocenters. The summed E-state index contributed by atoms with van der Waals surface area (Å²) in [6.07, 6.45) is 1.40. The fourth-order valence-corrected chi connectivity index (χ4v) is 3.70. The largest absolute Gasteiger partial charge is 0.493 e. The monoisotopic (exact) mass is 554 g/mol. The van der Waals surface area contributed by atoms with Gasteiger partial charge >= 0.3 is 0 Å². The quantitative estimate of drug-likeness (QED) is 0.222. The lowest BCUT2D eigenvalue weighted by molar-refractivity contribution is -0.384. The van der Waals surface area contributed by atoms with Crippen LogP contribution in [-0.4, -0.2) is 36.7 Å². The van der Waals surface area contributed by atoms with Gasteiger partial charge in [-0.1, -0.05) is 12.1 Å². The van der Waals surface area contributed by atoms with Crippen LogP contribution in [-0.2, 0) is 4.79 Å². The Balaban J connectivity index is 1.63. The Hall–Kier alpha value is -4.25. The molecule has 0 heterocycles. The van der Waals surface area contributed by atoms with Crippen molar-refractivity contribution in [3.05, 3.63) is 91.4 Å². The molecule has 0 aliphatic carbocycles. The molecular weight excluding hydrogens is 532 g/mol. The second-order valence-electron chi connectivity index (χ2n) is 7.62. The summed E-state index contributed by atoms with van der Waals surface area (Å²) in [6, 6.07) is 14.1. The molecule has 3 aromatic carbocycles. The van der Waals surface area contributed by atoms with Crippen molar-refractivity contribution in [3.8, 4) is 11.5 Å². The first-order chi connectivity index (χ1) is 17.2. The van der Waals surface area contributed by atoms with Crippen molar-refractivity contribution in [2.75, 3.05) is 19.0 Å². The van der Waals surface area contributed by atoms with Gasteiger partial charge in [-0.25, -0.2) is 5.43 Å². The Labute approximate surface area is 215 Å². The third kappa shape index (κ3) is 6.66. The molecule has 0 aliphatic heterocycles. The summed E-state index contributed by atoms with van der Waals surface area (Å²) in [6.45, 7) is 3.66. The van der Waals surface area contributed by atoms with Crippen LogP contribution in [0.1, 0.15) is 27.0 Å². The smallest absolute Gasteiger partial charge is 0.271 e. The number of halogens is 1. The Morgan fingerprint density at radius 2 is 1.86 bits per heavy atom. The molecule has 0 radical (unpaired) electrons. The maximum absolute atomic E-state index is 12.4. The first kappa shape index (κ1) is 26.4. The number of benzene rings is 3. The average Bonchev–Trinajstić information content (AvgIpc) is 2.85. The molecule has 186 valence electrons. The molecule has 0 saturated heterocycles. The number of hydrogen-bond donors (Lipinski definition) is 2. The van der Waals surface area contributed by atoms with Gasteiger partial charge in [-0.15, -0.1) is 0 Å². The van der Waals surface area contributed by atoms with Gasteiger partial charge in [0.1, 0.15) is 0 Å². The number of aryl methyl sites for hydroxylation is 1. The number of carbonyl (C=O) groups is 2. The van der Waals surface area contributed by atoms with E-state index in [0.717, 1.165) is 16.8 Å². The van der Waals surface area contributed by atoms with Crippen LogP contribution in [0.3, 0.4) is 0 Å². The highest BCUT2D eigenvalue weighted by Gasteiger charge is 2.14. The van der Waals surface area contributed by atoms with Crippen molar-refractivity contribution in [3.63, 3.8) is 0 Å². The lowest BCUT2D eigenvalue weighted by atomic mass is 10.1. The number of nitro benzene ring substituents is 1. The van der Waals surface area contributed by atoms with Crippen LogP contribution in [0.4, 0.5) is 11.4 Å². The number of hydrogen-bond acceptors (Lipinski definition) is 7. The zero-order chi connectivity index (χ0) is 26.2. The molecule has 3 rings (SSSR count). The number of rotatable bonds is 9. The molecule has 0 saturated carbocycles. The van der Waals surface area contributed by atoms with Crippen LogP contribution in [0, 0.1) is 24.0 Å². The summed E-state index contributed by atoms with van der Waals surface area (Å²) in [5.41, 5.74) is 5.81. The molecule has 0 aromatic heterocycles. The molecule has 2 N–H and O–H groups in total. The maximum Gasteiger partial charge on any atom is 0.271 e. The minimum atomic E-state index is -0.546. The van der Waals surface area contributed by atoms with E-state index in [1.165, 1.54) is 37.6 Å². The summed E-state index contributed by atoms with van der Waals surface area (Å²) < 4.78 is 11.6. The van der Waals surface area contributed by atoms with E-state index >= 15 is 0 Å². The first-order valence-corrected chi connectivity index (χ1v) is 11.4. The summed E-state index contributed by atoms with van der Waals surface area (Å²) >= 11 is 3.41. The standard InChI is InChI=1S/C25H23BrN4O6/c1-15-5-4-6-21(16(15)2)28-23(31)14-36-24-20(26)11-17(12-22(24)35-3)13-27-29-25(32)18-7-9-19(10-8-18)30(33)34/h4-13H,14H2,1-3H3,(H,28,31)(H,29,32)/b27-13+. The van der Waals surface area contributed by atoms with E-state index in [0.29, 0.717) is 21.5 Å². The van der Waals surface area contributed by atoms with E-state index < -0.39 is 10.8 Å². The minimum absolute atomic E-state index is 0.114. The van der Waals surface area contributed by atoms with E-state index in [9.17, 15) is 19.7 Å². The van der Waals surface area contributed by atoms with Crippen molar-refractivity contribution in [2.45, 2.75) is 13.8 Å². The predicted octanol–water partition coefficient (Wildman–Crippen LogP) is 4.76. The van der Waals surface area contributed by atoms with E-state index in [2.05, 4.69) is 31.8 Å². The molecule has 11 heteroatoms. The van der Waals surface area contributed by atoms with Gasteiger partial charge in [0, 0.05) is 23.4 Å². The van der Waals surface area contributed by atoms with Gasteiger partial charge in [0.05, 0.1) is 22.7 Å². The van der Waals surface area contributed by atoms with Crippen molar-refractivity contribution in [2.24, 2.45) is 5.10 Å². The number of nitrogens with one attached hydrogen (secondary N) is 2. The third-order valence-corrected chi connectivity index (χ3v) is 5.79. The van der Waals surface area contributed by atoms with Crippen LogP contribution in [0.15, 0.2) is 64.2 Å². The van der Waals surface area contributed by atoms with E-state index in [1.54, 1.807) is 12.1 Å². The number of ether oxygens (including phenoxy) is 2. The van der Waals surface area contributed by atoms with Gasteiger partial charge in [-0.05, 0) is 76.8 Å². The predicted molar refractivity (Wildman–Crippen MR) is 139 cm³/mol. The summed E-state index contributed by atoms with van der Waals surface area (Å²) in [4.78, 5) is 34.8. The molecule has 0 fully saturated rings. The minimum Gasteiger partial charge on any atom is -0.493 e. The zero-order valence-corrected chi connectivity index (χ0v) is 21.3. The molecule has 0 aliphatic rings. The van der Waals surface area contributed by atoms with Gasteiger partial charge < -0.3 is 14.8 Å². The zero-order valence-electron chi connectivity index (χ0n) is 19.7. The maximum atomic E-state index is 12.4. The molecule has 3 aromatic rings. The van der Waals surface area contributed by atoms with Crippen LogP contribution < -0.4 is 20.2 Å². The highest BCUT2D eigenvalue weighted by atomic mass is 79.9. The first-order valence-electron chi connectivity index (χ1n) is 10.6. The van der Waals surface area contributed by atoms with Crippen LogP contribution in [0.5, 0.6) is 11.5 Å². The van der Waals surface area contributed by atoms with Crippen molar-refractivity contribution < 1.29 is 24.0 Å². The highest BCUT2D eigenvalue weighted by molar-refractivity contribution is 9.10. The molecule has 2 amide bonds. The summed E-state index contributed by atoms with van der Waals surface area (Å²) in [5, 5.41) is 17.5. The number of amides is 2. The summed E-state index contributed by atoms with van der Waals surface area (Å²) in [7, 11) is 1.46. The van der Waals surface area contributed by atoms with Gasteiger partial charge in [0.2, 0.25) is 0 Å². The Bertz CT molecular complexity index is 1320. The molecular formula is C25H23BrN4O6. The average molecular weight is 555 g/mol. The third-order valence-electron chi connectivity index (χ3n) is 5.20. The van der Waals surface area contributed by atoms with E-state index in [4.69, 9.17) is 9.47 Å². The molecule has 0 spiro atoms. The Morgan fingerprint density at radius 1 is 1.14 bits per heavy atom. The lowest BCUT2D eigenvalue weighted by Gasteiger charge is -2.14. The van der Waals surface area contributed by atoms with Gasteiger partial charge in [0.25, 0.3) is 17.5 Å². The Kier molecular flexibility index (Phi) is 8.74. The molecule has 10 nitrogen and oxygen atoms in total. The highest BCUT2D eigenvalue weighted by Crippen LogP contribution is 2.36. The second-order valence-corrected chi connectivity index (χ2v) is 8.48. The Morgan fingerprint density at radius 3 is 2.53 bits per heavy atom. The van der Waals surface area contributed by atoms with Gasteiger partial charge in [-0.2, -0.15) is 5.10 Å². The summed E-state index contributed by atoms with van der Waals surface area (Å²) in [5.74, 6) is -0.160. The fraction of sp³-hybridized carbons (Fsp3) is 0.160. The lowest BCUT2D eigenvalue weighted by Crippen LogP contribution is -2.21.